The van der Waals surface area contributed by atoms with Crippen LogP contribution in [0.3, 0.4) is 0 Å². The Labute approximate surface area is 99.9 Å². The van der Waals surface area contributed by atoms with E-state index in [1.807, 2.05) is 6.92 Å². The van der Waals surface area contributed by atoms with Crippen LogP contribution in [0.4, 0.5) is 0 Å². The van der Waals surface area contributed by atoms with Gasteiger partial charge in [0.05, 0.1) is 12.2 Å². The molecular weight excluding hydrogens is 202 g/mol. The summed E-state index contributed by atoms with van der Waals surface area (Å²) < 4.78 is 11.2. The molecule has 1 unspecified atom stereocenters. The number of nitrogens with one attached hydrogen (secondary N) is 1. The fourth-order valence-corrected chi connectivity index (χ4v) is 2.15. The summed E-state index contributed by atoms with van der Waals surface area (Å²) in [5.74, 6) is 0. The van der Waals surface area contributed by atoms with E-state index in [-0.39, 0.29) is 0 Å². The lowest BCUT2D eigenvalue weighted by Crippen LogP contribution is -2.30. The first kappa shape index (κ1) is 13.9. The van der Waals surface area contributed by atoms with Crippen molar-refractivity contribution in [3.63, 3.8) is 0 Å². The van der Waals surface area contributed by atoms with Gasteiger partial charge in [0.2, 0.25) is 0 Å². The first-order chi connectivity index (χ1) is 7.83. The van der Waals surface area contributed by atoms with Crippen LogP contribution in [0.15, 0.2) is 0 Å². The molecule has 1 N–H and O–H groups in total. The molecule has 1 fully saturated rings. The molecule has 0 saturated heterocycles. The number of hydrogen-bond acceptors (Lipinski definition) is 3. The van der Waals surface area contributed by atoms with Gasteiger partial charge in [0.25, 0.3) is 0 Å². The molecule has 1 rings (SSSR count). The summed E-state index contributed by atoms with van der Waals surface area (Å²) in [6.45, 7) is 7.86. The summed E-state index contributed by atoms with van der Waals surface area (Å²) in [6.07, 6.45) is 7.17. The Kier molecular flexibility index (Phi) is 7.81. The van der Waals surface area contributed by atoms with Gasteiger partial charge in [0, 0.05) is 19.8 Å². The van der Waals surface area contributed by atoms with Gasteiger partial charge in [-0.15, -0.1) is 0 Å². The van der Waals surface area contributed by atoms with Crippen LogP contribution in [-0.2, 0) is 9.47 Å². The molecule has 0 aromatic heterocycles. The number of hydrogen-bond donors (Lipinski definition) is 1. The van der Waals surface area contributed by atoms with Crippen LogP contribution in [0.1, 0.15) is 46.0 Å². The summed E-state index contributed by atoms with van der Waals surface area (Å²) in [6, 6.07) is 0. The standard InChI is InChI=1S/C13H27NO2/c1-3-15-10-6-9-14-11-12(2)16-13-7-4-5-8-13/h12-14H,3-11H2,1-2H3. The van der Waals surface area contributed by atoms with Crippen molar-refractivity contribution in [2.75, 3.05) is 26.3 Å². The zero-order valence-electron chi connectivity index (χ0n) is 10.8. The summed E-state index contributed by atoms with van der Waals surface area (Å²) in [5, 5.41) is 3.41. The topological polar surface area (TPSA) is 30.5 Å². The summed E-state index contributed by atoms with van der Waals surface area (Å²) >= 11 is 0. The van der Waals surface area contributed by atoms with Crippen molar-refractivity contribution in [3.8, 4) is 0 Å². The predicted octanol–water partition coefficient (Wildman–Crippen LogP) is 2.35. The van der Waals surface area contributed by atoms with Gasteiger partial charge >= 0.3 is 0 Å². The molecule has 3 heteroatoms. The first-order valence-corrected chi connectivity index (χ1v) is 6.77. The predicted molar refractivity (Wildman–Crippen MR) is 66.8 cm³/mol. The quantitative estimate of drug-likeness (QED) is 0.616. The minimum absolute atomic E-state index is 0.343. The van der Waals surface area contributed by atoms with E-state index in [1.54, 1.807) is 0 Å². The zero-order chi connectivity index (χ0) is 11.6. The third-order valence-electron chi connectivity index (χ3n) is 3.01. The molecule has 0 bridgehead atoms. The Morgan fingerprint density at radius 3 is 2.75 bits per heavy atom. The number of ether oxygens (including phenoxy) is 2. The number of rotatable bonds is 9. The lowest BCUT2D eigenvalue weighted by molar-refractivity contribution is 0.00296. The second-order valence-electron chi connectivity index (χ2n) is 4.61. The van der Waals surface area contributed by atoms with Gasteiger partial charge in [-0.1, -0.05) is 12.8 Å². The molecule has 1 atom stereocenters. The molecule has 1 aliphatic rings. The molecule has 16 heavy (non-hydrogen) atoms. The van der Waals surface area contributed by atoms with Gasteiger partial charge < -0.3 is 14.8 Å². The van der Waals surface area contributed by atoms with Crippen molar-refractivity contribution in [3.05, 3.63) is 0 Å². The molecule has 0 aliphatic heterocycles. The fraction of sp³-hybridized carbons (Fsp3) is 1.00. The van der Waals surface area contributed by atoms with Crippen molar-refractivity contribution < 1.29 is 9.47 Å². The smallest absolute Gasteiger partial charge is 0.0675 e. The minimum atomic E-state index is 0.343. The van der Waals surface area contributed by atoms with Gasteiger partial charge in [-0.05, 0) is 39.7 Å². The van der Waals surface area contributed by atoms with Gasteiger partial charge in [-0.25, -0.2) is 0 Å². The maximum Gasteiger partial charge on any atom is 0.0675 e. The highest BCUT2D eigenvalue weighted by Gasteiger charge is 2.17. The maximum atomic E-state index is 5.95. The van der Waals surface area contributed by atoms with E-state index in [9.17, 15) is 0 Å². The van der Waals surface area contributed by atoms with Gasteiger partial charge in [0.15, 0.2) is 0 Å². The molecule has 0 spiro atoms. The average Bonchev–Trinajstić information content (AvgIpc) is 2.76. The van der Waals surface area contributed by atoms with E-state index < -0.39 is 0 Å². The monoisotopic (exact) mass is 229 g/mol. The largest absolute Gasteiger partial charge is 0.382 e. The zero-order valence-corrected chi connectivity index (χ0v) is 10.8. The van der Waals surface area contributed by atoms with Crippen LogP contribution < -0.4 is 5.32 Å². The molecule has 0 aromatic carbocycles. The molecule has 0 amide bonds. The van der Waals surface area contributed by atoms with E-state index in [2.05, 4.69) is 12.2 Å². The van der Waals surface area contributed by atoms with Gasteiger partial charge in [-0.3, -0.25) is 0 Å². The van der Waals surface area contributed by atoms with E-state index in [4.69, 9.17) is 9.47 Å². The SMILES string of the molecule is CCOCCCNCC(C)OC1CCCC1. The van der Waals surface area contributed by atoms with E-state index >= 15 is 0 Å². The third-order valence-corrected chi connectivity index (χ3v) is 3.01. The summed E-state index contributed by atoms with van der Waals surface area (Å²) in [7, 11) is 0. The summed E-state index contributed by atoms with van der Waals surface area (Å²) in [5.41, 5.74) is 0. The Morgan fingerprint density at radius 1 is 1.31 bits per heavy atom. The van der Waals surface area contributed by atoms with Crippen LogP contribution >= 0.6 is 0 Å². The molecule has 1 saturated carbocycles. The van der Waals surface area contributed by atoms with Crippen LogP contribution in [0.2, 0.25) is 0 Å². The van der Waals surface area contributed by atoms with Crippen molar-refractivity contribution in [2.45, 2.75) is 58.2 Å². The fourth-order valence-electron chi connectivity index (χ4n) is 2.15. The highest BCUT2D eigenvalue weighted by Crippen LogP contribution is 2.21. The van der Waals surface area contributed by atoms with Gasteiger partial charge in [0.1, 0.15) is 0 Å². The molecule has 0 heterocycles. The van der Waals surface area contributed by atoms with Crippen LogP contribution in [0.5, 0.6) is 0 Å². The minimum Gasteiger partial charge on any atom is -0.382 e. The summed E-state index contributed by atoms with van der Waals surface area (Å²) in [4.78, 5) is 0. The maximum absolute atomic E-state index is 5.95. The van der Waals surface area contributed by atoms with Crippen molar-refractivity contribution in [1.29, 1.82) is 0 Å². The lowest BCUT2D eigenvalue weighted by Gasteiger charge is -2.18. The molecule has 0 aromatic rings. The van der Waals surface area contributed by atoms with Crippen molar-refractivity contribution >= 4 is 0 Å². The lowest BCUT2D eigenvalue weighted by atomic mass is 10.3. The molecular formula is C13H27NO2. The van der Waals surface area contributed by atoms with Crippen molar-refractivity contribution in [1.82, 2.24) is 5.32 Å². The van der Waals surface area contributed by atoms with Gasteiger partial charge in [-0.2, -0.15) is 0 Å². The highest BCUT2D eigenvalue weighted by molar-refractivity contribution is 4.69. The second kappa shape index (κ2) is 8.97. The molecule has 1 aliphatic carbocycles. The normalized spacial score (nSPS) is 19.1. The Morgan fingerprint density at radius 2 is 2.06 bits per heavy atom. The van der Waals surface area contributed by atoms with E-state index in [0.717, 1.165) is 32.7 Å². The average molecular weight is 229 g/mol. The second-order valence-corrected chi connectivity index (χ2v) is 4.61. The Hall–Kier alpha value is -0.120. The molecule has 3 nitrogen and oxygen atoms in total. The van der Waals surface area contributed by atoms with Crippen molar-refractivity contribution in [2.24, 2.45) is 0 Å². The Bertz CT molecular complexity index is 158. The van der Waals surface area contributed by atoms with Crippen LogP contribution in [0, 0.1) is 0 Å². The van der Waals surface area contributed by atoms with E-state index in [0.29, 0.717) is 12.2 Å². The third kappa shape index (κ3) is 6.46. The highest BCUT2D eigenvalue weighted by atomic mass is 16.5. The molecule has 96 valence electrons. The van der Waals surface area contributed by atoms with E-state index in [1.165, 1.54) is 25.7 Å². The van der Waals surface area contributed by atoms with Crippen LogP contribution in [0.25, 0.3) is 0 Å². The first-order valence-electron chi connectivity index (χ1n) is 6.77. The molecule has 0 radical (unpaired) electrons. The Balaban J connectivity index is 1.87. The van der Waals surface area contributed by atoms with Crippen LogP contribution in [-0.4, -0.2) is 38.5 Å².